The number of aromatic nitrogens is 4. The average molecular weight is 616 g/mol. The monoisotopic (exact) mass is 615 g/mol. The molecule has 1 aromatic carbocycles. The van der Waals surface area contributed by atoms with E-state index in [0.29, 0.717) is 29.3 Å². The van der Waals surface area contributed by atoms with Gasteiger partial charge in [0, 0.05) is 35.6 Å². The summed E-state index contributed by atoms with van der Waals surface area (Å²) >= 11 is 1.47. The number of alkyl halides is 2. The van der Waals surface area contributed by atoms with Gasteiger partial charge in [-0.2, -0.15) is 0 Å². The van der Waals surface area contributed by atoms with Gasteiger partial charge in [-0.1, -0.05) is 0 Å². The quantitative estimate of drug-likeness (QED) is 0.228. The van der Waals surface area contributed by atoms with Crippen molar-refractivity contribution in [2.24, 2.45) is 5.92 Å². The van der Waals surface area contributed by atoms with Crippen LogP contribution in [-0.2, 0) is 25.8 Å². The Labute approximate surface area is 246 Å². The third-order valence-electron chi connectivity index (χ3n) is 7.68. The zero-order chi connectivity index (χ0) is 29.8. The molecule has 1 aliphatic carbocycles. The number of carbonyl (C=O) groups is 1. The van der Waals surface area contributed by atoms with E-state index in [1.807, 2.05) is 13.8 Å². The Balaban J connectivity index is 1.49. The van der Waals surface area contributed by atoms with Crippen LogP contribution in [0.15, 0.2) is 29.2 Å². The van der Waals surface area contributed by atoms with Crippen molar-refractivity contribution < 1.29 is 26.7 Å². The molecule has 4 heterocycles. The molecule has 2 aliphatic rings. The number of halogens is 2. The molecule has 1 saturated carbocycles. The summed E-state index contributed by atoms with van der Waals surface area (Å²) in [7, 11) is -3.73. The third kappa shape index (κ3) is 5.69. The van der Waals surface area contributed by atoms with Gasteiger partial charge in [-0.3, -0.25) is 9.36 Å². The van der Waals surface area contributed by atoms with Crippen LogP contribution in [0.4, 0.5) is 20.2 Å². The lowest BCUT2D eigenvalue weighted by molar-refractivity contribution is -0.119. The highest BCUT2D eigenvalue weighted by Gasteiger charge is 2.32. The Morgan fingerprint density at radius 2 is 1.90 bits per heavy atom. The molecule has 4 aromatic rings. The lowest BCUT2D eigenvalue weighted by atomic mass is 10.1. The maximum Gasteiger partial charge on any atom is 0.295 e. The number of hydrogen-bond acceptors (Lipinski definition) is 9. The van der Waals surface area contributed by atoms with E-state index in [1.165, 1.54) is 15.9 Å². The van der Waals surface area contributed by atoms with E-state index in [0.717, 1.165) is 42.5 Å². The number of aryl methyl sites for hydroxylation is 2. The van der Waals surface area contributed by atoms with Crippen molar-refractivity contribution in [3.63, 3.8) is 0 Å². The molecule has 9 nitrogen and oxygen atoms in total. The average Bonchev–Trinajstić information content (AvgIpc) is 3.65. The predicted octanol–water partition coefficient (Wildman–Crippen LogP) is 6.48. The molecule has 6 rings (SSSR count). The largest absolute Gasteiger partial charge is 0.358 e. The minimum atomic E-state index is -3.73. The molecule has 2 fully saturated rings. The second-order valence-corrected chi connectivity index (χ2v) is 14.2. The molecule has 0 spiro atoms. The summed E-state index contributed by atoms with van der Waals surface area (Å²) in [5.41, 5.74) is 2.78. The van der Waals surface area contributed by atoms with Crippen LogP contribution in [0.1, 0.15) is 66.8 Å². The molecule has 222 valence electrons. The van der Waals surface area contributed by atoms with Gasteiger partial charge >= 0.3 is 0 Å². The zero-order valence-electron chi connectivity index (χ0n) is 23.5. The lowest BCUT2D eigenvalue weighted by Crippen LogP contribution is -2.21. The number of benzene rings is 1. The normalized spacial score (nSPS) is 17.7. The standard InChI is InChI=1S/C29H31F2N5O4S2/c1-15-16(2)41-29(32-15)18-9-10-20(23(12-18)42(3,38)39)34-21-13-19(14-22(37)17-7-8-17)33-27-25(21)35-28(26(30)31)36(27)24-6-4-5-11-40-24/h9-10,12-13,17,24,26H,4-8,11,14H2,1-3H3,(H,33,34). The van der Waals surface area contributed by atoms with E-state index in [4.69, 9.17) is 4.74 Å². The minimum Gasteiger partial charge on any atom is -0.358 e. The first-order chi connectivity index (χ1) is 20.0. The molecule has 42 heavy (non-hydrogen) atoms. The van der Waals surface area contributed by atoms with E-state index in [2.05, 4.69) is 20.3 Å². The Hall–Kier alpha value is -3.29. The molecule has 0 radical (unpaired) electrons. The van der Waals surface area contributed by atoms with E-state index >= 15 is 0 Å². The molecule has 3 aromatic heterocycles. The number of imidazole rings is 1. The van der Waals surface area contributed by atoms with Crippen molar-refractivity contribution in [1.29, 1.82) is 0 Å². The number of nitrogens with zero attached hydrogens (tertiary/aromatic N) is 4. The molecular weight excluding hydrogens is 584 g/mol. The highest BCUT2D eigenvalue weighted by atomic mass is 32.2. The van der Waals surface area contributed by atoms with Crippen molar-refractivity contribution in [1.82, 2.24) is 19.5 Å². The lowest BCUT2D eigenvalue weighted by Gasteiger charge is -2.25. The molecule has 1 unspecified atom stereocenters. The van der Waals surface area contributed by atoms with Gasteiger partial charge in [0.1, 0.15) is 22.5 Å². The molecule has 1 N–H and O–H groups in total. The van der Waals surface area contributed by atoms with Crippen LogP contribution in [0.5, 0.6) is 0 Å². The van der Waals surface area contributed by atoms with E-state index < -0.39 is 28.3 Å². The fraction of sp³-hybridized carbons (Fsp3) is 0.448. The van der Waals surface area contributed by atoms with Crippen LogP contribution in [0.25, 0.3) is 21.7 Å². The summed E-state index contributed by atoms with van der Waals surface area (Å²) in [6, 6.07) is 6.56. The second kappa shape index (κ2) is 11.1. The van der Waals surface area contributed by atoms with Gasteiger partial charge in [0.2, 0.25) is 0 Å². The number of ether oxygens (including phenoxy) is 1. The van der Waals surface area contributed by atoms with E-state index in [1.54, 1.807) is 24.3 Å². The fourth-order valence-corrected chi connectivity index (χ4v) is 6.99. The molecule has 0 amide bonds. The van der Waals surface area contributed by atoms with Crippen molar-refractivity contribution in [2.75, 3.05) is 18.2 Å². The summed E-state index contributed by atoms with van der Waals surface area (Å²) in [6.45, 7) is 4.28. The summed E-state index contributed by atoms with van der Waals surface area (Å²) in [6.07, 6.45) is 1.41. The highest BCUT2D eigenvalue weighted by Crippen LogP contribution is 2.38. The molecule has 1 atom stereocenters. The van der Waals surface area contributed by atoms with Gasteiger partial charge in [-0.05, 0) is 70.2 Å². The van der Waals surface area contributed by atoms with Crippen LogP contribution in [0, 0.1) is 19.8 Å². The van der Waals surface area contributed by atoms with Gasteiger partial charge in [0.15, 0.2) is 21.3 Å². The van der Waals surface area contributed by atoms with Gasteiger partial charge in [-0.15, -0.1) is 11.3 Å². The number of anilines is 2. The molecule has 1 saturated heterocycles. The maximum atomic E-state index is 14.3. The van der Waals surface area contributed by atoms with E-state index in [-0.39, 0.29) is 45.6 Å². The Morgan fingerprint density at radius 3 is 2.52 bits per heavy atom. The summed E-state index contributed by atoms with van der Waals surface area (Å²) in [4.78, 5) is 27.3. The number of carbonyl (C=O) groups excluding carboxylic acids is 1. The van der Waals surface area contributed by atoms with Crippen LogP contribution < -0.4 is 5.32 Å². The summed E-state index contributed by atoms with van der Waals surface area (Å²) in [5, 5.41) is 3.84. The molecule has 0 bridgehead atoms. The van der Waals surface area contributed by atoms with Crippen LogP contribution in [-0.4, -0.2) is 46.6 Å². The van der Waals surface area contributed by atoms with Crippen molar-refractivity contribution in [3.05, 3.63) is 46.4 Å². The van der Waals surface area contributed by atoms with Gasteiger partial charge < -0.3 is 10.1 Å². The van der Waals surface area contributed by atoms with Gasteiger partial charge in [0.25, 0.3) is 6.43 Å². The molecular formula is C29H31F2N5O4S2. The topological polar surface area (TPSA) is 116 Å². The number of nitrogens with one attached hydrogen (secondary N) is 1. The number of rotatable bonds is 9. The summed E-state index contributed by atoms with van der Waals surface area (Å²) in [5.74, 6) is -0.451. The number of pyridine rings is 1. The first kappa shape index (κ1) is 28.8. The molecule has 13 heteroatoms. The van der Waals surface area contributed by atoms with Crippen molar-refractivity contribution >= 4 is 49.5 Å². The zero-order valence-corrected chi connectivity index (χ0v) is 25.1. The maximum absolute atomic E-state index is 14.3. The number of hydrogen-bond donors (Lipinski definition) is 1. The second-order valence-electron chi connectivity index (χ2n) is 11.0. The Kier molecular flexibility index (Phi) is 7.60. The number of thiazole rings is 1. The van der Waals surface area contributed by atoms with Gasteiger partial charge in [-0.25, -0.2) is 32.2 Å². The third-order valence-corrected chi connectivity index (χ3v) is 9.94. The highest BCUT2D eigenvalue weighted by molar-refractivity contribution is 7.90. The number of fused-ring (bicyclic) bond motifs is 1. The van der Waals surface area contributed by atoms with Crippen LogP contribution in [0.2, 0.25) is 0 Å². The summed E-state index contributed by atoms with van der Waals surface area (Å²) < 4.78 is 61.8. The van der Waals surface area contributed by atoms with E-state index in [9.17, 15) is 22.0 Å². The predicted molar refractivity (Wildman–Crippen MR) is 156 cm³/mol. The fourth-order valence-electron chi connectivity index (χ4n) is 5.22. The number of ketones is 1. The van der Waals surface area contributed by atoms with Crippen LogP contribution >= 0.6 is 11.3 Å². The number of sulfone groups is 1. The molecule has 1 aliphatic heterocycles. The van der Waals surface area contributed by atoms with Crippen LogP contribution in [0.3, 0.4) is 0 Å². The number of Topliss-reactive ketones (excluding diaryl/α,β-unsaturated/α-hetero) is 1. The van der Waals surface area contributed by atoms with Crippen molar-refractivity contribution in [2.45, 2.75) is 69.9 Å². The smallest absolute Gasteiger partial charge is 0.295 e. The minimum absolute atomic E-state index is 0.00960. The Morgan fingerprint density at radius 1 is 1.12 bits per heavy atom. The van der Waals surface area contributed by atoms with Crippen molar-refractivity contribution in [3.8, 4) is 10.6 Å². The Bertz CT molecular complexity index is 1770. The first-order valence-electron chi connectivity index (χ1n) is 13.9. The SMILES string of the molecule is Cc1nc(-c2ccc(Nc3cc(CC(=O)C4CC4)nc4c3nc(C(F)F)n4C3CCCCO3)c(S(C)(=O)=O)c2)sc1C. The first-order valence-corrected chi connectivity index (χ1v) is 16.6. The van der Waals surface area contributed by atoms with Gasteiger partial charge in [0.05, 0.1) is 27.7 Å².